The molecular formula is C10H9Br2FO. The summed E-state index contributed by atoms with van der Waals surface area (Å²) in [5.74, 6) is -0.603. The average molecular weight is 324 g/mol. The molecule has 0 heterocycles. The number of rotatable bonds is 4. The largest absolute Gasteiger partial charge is 0.294 e. The Morgan fingerprint density at radius 3 is 2.57 bits per heavy atom. The van der Waals surface area contributed by atoms with Crippen LogP contribution in [0.1, 0.15) is 22.3 Å². The van der Waals surface area contributed by atoms with Crippen molar-refractivity contribution in [3.63, 3.8) is 0 Å². The van der Waals surface area contributed by atoms with Crippen molar-refractivity contribution in [3.8, 4) is 0 Å². The Hall–Kier alpha value is -0.220. The molecule has 4 heteroatoms. The Kier molecular flexibility index (Phi) is 4.75. The number of halogens is 3. The van der Waals surface area contributed by atoms with Gasteiger partial charge in [-0.25, -0.2) is 4.39 Å². The van der Waals surface area contributed by atoms with Gasteiger partial charge < -0.3 is 0 Å². The molecule has 0 saturated heterocycles. The molecule has 0 aliphatic carbocycles. The van der Waals surface area contributed by atoms with Crippen LogP contribution < -0.4 is 0 Å². The zero-order chi connectivity index (χ0) is 10.6. The molecule has 0 aliphatic heterocycles. The van der Waals surface area contributed by atoms with Gasteiger partial charge in [-0.15, -0.1) is 0 Å². The van der Waals surface area contributed by atoms with Crippen LogP contribution in [0.25, 0.3) is 0 Å². The van der Waals surface area contributed by atoms with Gasteiger partial charge in [0.15, 0.2) is 5.78 Å². The lowest BCUT2D eigenvalue weighted by molar-refractivity contribution is 0.0986. The normalized spacial score (nSPS) is 10.2. The molecule has 0 spiro atoms. The van der Waals surface area contributed by atoms with Gasteiger partial charge in [0.1, 0.15) is 5.82 Å². The standard InChI is InChI=1S/C10H9Br2FO/c11-4-3-10(14)8-2-1-7(6-12)5-9(8)13/h1-2,5H,3-4,6H2. The van der Waals surface area contributed by atoms with Gasteiger partial charge in [-0.3, -0.25) is 4.79 Å². The van der Waals surface area contributed by atoms with Crippen molar-refractivity contribution in [1.82, 2.24) is 0 Å². The third kappa shape index (κ3) is 2.89. The van der Waals surface area contributed by atoms with E-state index in [4.69, 9.17) is 0 Å². The minimum atomic E-state index is -0.437. The Morgan fingerprint density at radius 2 is 2.07 bits per heavy atom. The van der Waals surface area contributed by atoms with Crippen molar-refractivity contribution in [2.45, 2.75) is 11.8 Å². The summed E-state index contributed by atoms with van der Waals surface area (Å²) in [4.78, 5) is 11.4. The lowest BCUT2D eigenvalue weighted by Crippen LogP contribution is -2.03. The molecule has 14 heavy (non-hydrogen) atoms. The van der Waals surface area contributed by atoms with Gasteiger partial charge in [-0.2, -0.15) is 0 Å². The highest BCUT2D eigenvalue weighted by molar-refractivity contribution is 9.09. The van der Waals surface area contributed by atoms with Crippen LogP contribution >= 0.6 is 31.9 Å². The molecule has 1 aromatic carbocycles. The smallest absolute Gasteiger partial charge is 0.166 e. The Bertz CT molecular complexity index is 339. The van der Waals surface area contributed by atoms with Gasteiger partial charge in [-0.05, 0) is 17.7 Å². The van der Waals surface area contributed by atoms with Crippen molar-refractivity contribution in [2.75, 3.05) is 5.33 Å². The van der Waals surface area contributed by atoms with Crippen molar-refractivity contribution < 1.29 is 9.18 Å². The summed E-state index contributed by atoms with van der Waals surface area (Å²) in [6, 6.07) is 4.67. The van der Waals surface area contributed by atoms with Crippen molar-refractivity contribution in [2.24, 2.45) is 0 Å². The number of carbonyl (C=O) groups is 1. The topological polar surface area (TPSA) is 17.1 Å². The van der Waals surface area contributed by atoms with Crippen molar-refractivity contribution >= 4 is 37.6 Å². The minimum Gasteiger partial charge on any atom is -0.294 e. The van der Waals surface area contributed by atoms with E-state index in [-0.39, 0.29) is 11.3 Å². The Labute approximate surface area is 99.0 Å². The number of benzene rings is 1. The fraction of sp³-hybridized carbons (Fsp3) is 0.300. The summed E-state index contributed by atoms with van der Waals surface area (Å²) < 4.78 is 13.4. The molecule has 1 rings (SSSR count). The van der Waals surface area contributed by atoms with E-state index in [0.717, 1.165) is 5.56 Å². The van der Waals surface area contributed by atoms with Gasteiger partial charge >= 0.3 is 0 Å². The molecule has 0 N–H and O–H groups in total. The first-order valence-corrected chi connectivity index (χ1v) is 6.37. The average Bonchev–Trinajstić information content (AvgIpc) is 2.17. The third-order valence-electron chi connectivity index (χ3n) is 1.81. The molecule has 0 unspecified atom stereocenters. The van der Waals surface area contributed by atoms with Crippen LogP contribution in [0.4, 0.5) is 4.39 Å². The first kappa shape index (κ1) is 11.9. The summed E-state index contributed by atoms with van der Waals surface area (Å²) in [5, 5.41) is 1.16. The Morgan fingerprint density at radius 1 is 1.36 bits per heavy atom. The predicted octanol–water partition coefficient (Wildman–Crippen LogP) is 3.69. The number of hydrogen-bond donors (Lipinski definition) is 0. The second kappa shape index (κ2) is 5.61. The summed E-state index contributed by atoms with van der Waals surface area (Å²) in [6.07, 6.45) is 0.324. The summed E-state index contributed by atoms with van der Waals surface area (Å²) in [5.41, 5.74) is 1.01. The zero-order valence-corrected chi connectivity index (χ0v) is 10.6. The molecule has 0 bridgehead atoms. The molecule has 0 aliphatic rings. The predicted molar refractivity (Wildman–Crippen MR) is 61.8 cm³/mol. The van der Waals surface area contributed by atoms with E-state index in [1.54, 1.807) is 6.07 Å². The molecule has 0 aromatic heterocycles. The van der Waals surface area contributed by atoms with E-state index >= 15 is 0 Å². The molecule has 0 radical (unpaired) electrons. The van der Waals surface area contributed by atoms with E-state index in [0.29, 0.717) is 17.1 Å². The third-order valence-corrected chi connectivity index (χ3v) is 2.85. The molecule has 76 valence electrons. The van der Waals surface area contributed by atoms with E-state index in [2.05, 4.69) is 31.9 Å². The molecule has 0 atom stereocenters. The molecule has 1 aromatic rings. The summed E-state index contributed by atoms with van der Waals surface area (Å²) in [6.45, 7) is 0. The number of Topliss-reactive ketones (excluding diaryl/α,β-unsaturated/α-hetero) is 1. The van der Waals surface area contributed by atoms with Crippen LogP contribution in [-0.4, -0.2) is 11.1 Å². The minimum absolute atomic E-state index is 0.166. The van der Waals surface area contributed by atoms with Crippen molar-refractivity contribution in [1.29, 1.82) is 0 Å². The first-order valence-electron chi connectivity index (χ1n) is 4.12. The van der Waals surface area contributed by atoms with E-state index in [9.17, 15) is 9.18 Å². The molecule has 0 amide bonds. The highest BCUT2D eigenvalue weighted by Gasteiger charge is 2.10. The fourth-order valence-corrected chi connectivity index (χ4v) is 1.80. The van der Waals surface area contributed by atoms with Gasteiger partial charge in [0.25, 0.3) is 0 Å². The molecule has 0 saturated carbocycles. The van der Waals surface area contributed by atoms with Crippen LogP contribution in [0.5, 0.6) is 0 Å². The highest BCUT2D eigenvalue weighted by atomic mass is 79.9. The van der Waals surface area contributed by atoms with E-state index in [1.165, 1.54) is 12.1 Å². The second-order valence-electron chi connectivity index (χ2n) is 2.81. The maximum absolute atomic E-state index is 13.4. The van der Waals surface area contributed by atoms with Gasteiger partial charge in [-0.1, -0.05) is 37.9 Å². The zero-order valence-electron chi connectivity index (χ0n) is 7.40. The fourth-order valence-electron chi connectivity index (χ4n) is 1.09. The monoisotopic (exact) mass is 322 g/mol. The lowest BCUT2D eigenvalue weighted by Gasteiger charge is -2.02. The number of ketones is 1. The maximum atomic E-state index is 13.4. The van der Waals surface area contributed by atoms with Crippen LogP contribution in [0.2, 0.25) is 0 Å². The maximum Gasteiger partial charge on any atom is 0.166 e. The highest BCUT2D eigenvalue weighted by Crippen LogP contribution is 2.14. The van der Waals surface area contributed by atoms with Crippen molar-refractivity contribution in [3.05, 3.63) is 35.1 Å². The van der Waals surface area contributed by atoms with Crippen LogP contribution in [0.3, 0.4) is 0 Å². The van der Waals surface area contributed by atoms with Crippen LogP contribution in [0, 0.1) is 5.82 Å². The SMILES string of the molecule is O=C(CCBr)c1ccc(CBr)cc1F. The van der Waals surface area contributed by atoms with Gasteiger partial charge in [0.2, 0.25) is 0 Å². The van der Waals surface area contributed by atoms with Crippen LogP contribution in [-0.2, 0) is 5.33 Å². The summed E-state index contributed by atoms with van der Waals surface area (Å²) in [7, 11) is 0. The van der Waals surface area contributed by atoms with E-state index in [1.807, 2.05) is 0 Å². The molecule has 0 fully saturated rings. The summed E-state index contributed by atoms with van der Waals surface area (Å²) >= 11 is 6.37. The number of alkyl halides is 2. The lowest BCUT2D eigenvalue weighted by atomic mass is 10.1. The Balaban J connectivity index is 2.94. The quantitative estimate of drug-likeness (QED) is 0.610. The number of carbonyl (C=O) groups excluding carboxylic acids is 1. The first-order chi connectivity index (χ1) is 6.69. The second-order valence-corrected chi connectivity index (χ2v) is 4.16. The van der Waals surface area contributed by atoms with Gasteiger partial charge in [0.05, 0.1) is 5.56 Å². The van der Waals surface area contributed by atoms with Crippen LogP contribution in [0.15, 0.2) is 18.2 Å². The molecule has 1 nitrogen and oxygen atoms in total. The van der Waals surface area contributed by atoms with Gasteiger partial charge in [0, 0.05) is 17.1 Å². The van der Waals surface area contributed by atoms with E-state index < -0.39 is 5.82 Å². The molecular weight excluding hydrogens is 315 g/mol. The number of hydrogen-bond acceptors (Lipinski definition) is 1.